The zero-order valence-corrected chi connectivity index (χ0v) is 9.03. The maximum Gasteiger partial charge on any atom is 0.254 e. The van der Waals surface area contributed by atoms with Crippen molar-refractivity contribution in [3.63, 3.8) is 0 Å². The van der Waals surface area contributed by atoms with Crippen LogP contribution in [0, 0.1) is 6.92 Å². The van der Waals surface area contributed by atoms with E-state index >= 15 is 0 Å². The molecule has 0 aliphatic heterocycles. The first kappa shape index (κ1) is 11.5. The minimum Gasteiger partial charge on any atom is -0.508 e. The molecule has 0 saturated heterocycles. The van der Waals surface area contributed by atoms with Crippen molar-refractivity contribution in [3.8, 4) is 5.75 Å². The molecule has 0 bridgehead atoms. The van der Waals surface area contributed by atoms with Gasteiger partial charge in [-0.1, -0.05) is 6.07 Å². The van der Waals surface area contributed by atoms with Crippen LogP contribution < -0.4 is 5.73 Å². The number of nitrogens with two attached hydrogens (primary N) is 1. The van der Waals surface area contributed by atoms with Crippen molar-refractivity contribution in [2.75, 3.05) is 20.1 Å². The van der Waals surface area contributed by atoms with E-state index in [2.05, 4.69) is 0 Å². The van der Waals surface area contributed by atoms with E-state index in [0.717, 1.165) is 0 Å². The molecule has 1 aromatic rings. The van der Waals surface area contributed by atoms with Crippen molar-refractivity contribution in [2.24, 2.45) is 5.73 Å². The molecule has 0 aromatic heterocycles. The van der Waals surface area contributed by atoms with E-state index in [9.17, 15) is 9.90 Å². The monoisotopic (exact) mass is 208 g/mol. The minimum absolute atomic E-state index is 0.117. The van der Waals surface area contributed by atoms with Gasteiger partial charge in [0.15, 0.2) is 0 Å². The zero-order valence-electron chi connectivity index (χ0n) is 9.03. The van der Waals surface area contributed by atoms with Crippen molar-refractivity contribution in [1.29, 1.82) is 0 Å². The first-order chi connectivity index (χ1) is 7.07. The predicted molar refractivity (Wildman–Crippen MR) is 58.9 cm³/mol. The third-order valence-corrected chi connectivity index (χ3v) is 2.35. The summed E-state index contributed by atoms with van der Waals surface area (Å²) < 4.78 is 0. The number of likely N-dealkylation sites (N-methyl/N-ethyl adjacent to an activating group) is 1. The molecule has 4 heteroatoms. The van der Waals surface area contributed by atoms with Gasteiger partial charge in [0.25, 0.3) is 5.91 Å². The van der Waals surface area contributed by atoms with Gasteiger partial charge >= 0.3 is 0 Å². The van der Waals surface area contributed by atoms with Crippen molar-refractivity contribution >= 4 is 5.91 Å². The van der Waals surface area contributed by atoms with Crippen LogP contribution in [0.4, 0.5) is 0 Å². The minimum atomic E-state index is -0.117. The Bertz CT molecular complexity index is 364. The first-order valence-electron chi connectivity index (χ1n) is 4.82. The molecule has 0 spiro atoms. The molecule has 1 amide bonds. The average Bonchev–Trinajstić information content (AvgIpc) is 2.21. The van der Waals surface area contributed by atoms with Crippen LogP contribution in [0.5, 0.6) is 5.75 Å². The van der Waals surface area contributed by atoms with Gasteiger partial charge in [-0.15, -0.1) is 0 Å². The second-order valence-corrected chi connectivity index (χ2v) is 3.47. The number of hydrogen-bond acceptors (Lipinski definition) is 3. The molecule has 0 aliphatic rings. The first-order valence-corrected chi connectivity index (χ1v) is 4.82. The second-order valence-electron chi connectivity index (χ2n) is 3.47. The summed E-state index contributed by atoms with van der Waals surface area (Å²) in [5, 5.41) is 9.47. The fourth-order valence-corrected chi connectivity index (χ4v) is 1.36. The SMILES string of the molecule is Cc1c(O)cccc1C(=O)N(C)CCN. The summed E-state index contributed by atoms with van der Waals surface area (Å²) in [4.78, 5) is 13.4. The maximum atomic E-state index is 11.9. The molecule has 15 heavy (non-hydrogen) atoms. The number of phenols is 1. The quantitative estimate of drug-likeness (QED) is 0.769. The number of hydrogen-bond donors (Lipinski definition) is 2. The van der Waals surface area contributed by atoms with Gasteiger partial charge in [-0.2, -0.15) is 0 Å². The number of aromatic hydroxyl groups is 1. The summed E-state index contributed by atoms with van der Waals surface area (Å²) in [6.45, 7) is 2.66. The lowest BCUT2D eigenvalue weighted by Gasteiger charge is -2.17. The van der Waals surface area contributed by atoms with E-state index in [1.165, 1.54) is 0 Å². The normalized spacial score (nSPS) is 10.1. The topological polar surface area (TPSA) is 66.6 Å². The highest BCUT2D eigenvalue weighted by Gasteiger charge is 2.14. The molecule has 82 valence electrons. The number of phenolic OH excluding ortho intramolecular Hbond substituents is 1. The standard InChI is InChI=1S/C11H16N2O2/c1-8-9(4-3-5-10(8)14)11(15)13(2)7-6-12/h3-5,14H,6-7,12H2,1-2H3. The van der Waals surface area contributed by atoms with Gasteiger partial charge in [0.2, 0.25) is 0 Å². The Morgan fingerprint density at radius 1 is 1.53 bits per heavy atom. The van der Waals surface area contributed by atoms with E-state index in [-0.39, 0.29) is 11.7 Å². The molecule has 0 radical (unpaired) electrons. The Balaban J connectivity index is 2.96. The molecule has 4 nitrogen and oxygen atoms in total. The summed E-state index contributed by atoms with van der Waals surface area (Å²) in [5.74, 6) is 0.0239. The fraction of sp³-hybridized carbons (Fsp3) is 0.364. The summed E-state index contributed by atoms with van der Waals surface area (Å²) in [6.07, 6.45) is 0. The molecule has 0 saturated carbocycles. The largest absolute Gasteiger partial charge is 0.508 e. The average molecular weight is 208 g/mol. The molecule has 0 atom stereocenters. The lowest BCUT2D eigenvalue weighted by atomic mass is 10.1. The van der Waals surface area contributed by atoms with Crippen LogP contribution in [0.25, 0.3) is 0 Å². The van der Waals surface area contributed by atoms with E-state index in [4.69, 9.17) is 5.73 Å². The van der Waals surface area contributed by atoms with Crippen molar-refractivity contribution in [3.05, 3.63) is 29.3 Å². The summed E-state index contributed by atoms with van der Waals surface area (Å²) in [6, 6.07) is 4.92. The van der Waals surface area contributed by atoms with Crippen LogP contribution in [0.2, 0.25) is 0 Å². The van der Waals surface area contributed by atoms with Gasteiger partial charge in [-0.25, -0.2) is 0 Å². The highest BCUT2D eigenvalue weighted by Crippen LogP contribution is 2.20. The van der Waals surface area contributed by atoms with Gasteiger partial charge in [0.05, 0.1) is 0 Å². The van der Waals surface area contributed by atoms with E-state index in [1.807, 2.05) is 0 Å². The zero-order chi connectivity index (χ0) is 11.4. The Morgan fingerprint density at radius 2 is 2.20 bits per heavy atom. The van der Waals surface area contributed by atoms with Crippen LogP contribution in [-0.4, -0.2) is 36.1 Å². The van der Waals surface area contributed by atoms with Gasteiger partial charge in [0, 0.05) is 31.3 Å². The fourth-order valence-electron chi connectivity index (χ4n) is 1.36. The Morgan fingerprint density at radius 3 is 2.80 bits per heavy atom. The second kappa shape index (κ2) is 4.79. The molecular formula is C11H16N2O2. The number of amides is 1. The van der Waals surface area contributed by atoms with Crippen LogP contribution >= 0.6 is 0 Å². The van der Waals surface area contributed by atoms with Gasteiger partial charge in [-0.3, -0.25) is 4.79 Å². The lowest BCUT2D eigenvalue weighted by Crippen LogP contribution is -2.32. The third kappa shape index (κ3) is 2.47. The van der Waals surface area contributed by atoms with Crippen molar-refractivity contribution in [1.82, 2.24) is 4.90 Å². The Hall–Kier alpha value is -1.55. The molecule has 0 aliphatic carbocycles. The van der Waals surface area contributed by atoms with Gasteiger partial charge < -0.3 is 15.7 Å². The molecule has 0 fully saturated rings. The Kier molecular flexibility index (Phi) is 3.68. The van der Waals surface area contributed by atoms with E-state index in [0.29, 0.717) is 24.2 Å². The molecular weight excluding hydrogens is 192 g/mol. The number of nitrogens with zero attached hydrogens (tertiary/aromatic N) is 1. The summed E-state index contributed by atoms with van der Waals surface area (Å²) in [5.41, 5.74) is 6.49. The van der Waals surface area contributed by atoms with Crippen LogP contribution in [0.15, 0.2) is 18.2 Å². The molecule has 1 aromatic carbocycles. The van der Waals surface area contributed by atoms with Crippen LogP contribution in [0.1, 0.15) is 15.9 Å². The van der Waals surface area contributed by atoms with E-state index < -0.39 is 0 Å². The maximum absolute atomic E-state index is 11.9. The number of carbonyl (C=O) groups excluding carboxylic acids is 1. The highest BCUT2D eigenvalue weighted by atomic mass is 16.3. The number of rotatable bonds is 3. The van der Waals surface area contributed by atoms with Gasteiger partial charge in [0.1, 0.15) is 5.75 Å². The highest BCUT2D eigenvalue weighted by molar-refractivity contribution is 5.96. The number of carbonyl (C=O) groups is 1. The molecule has 0 heterocycles. The Labute approximate surface area is 89.3 Å². The van der Waals surface area contributed by atoms with Crippen LogP contribution in [-0.2, 0) is 0 Å². The summed E-state index contributed by atoms with van der Waals surface area (Å²) >= 11 is 0. The lowest BCUT2D eigenvalue weighted by molar-refractivity contribution is 0.0798. The van der Waals surface area contributed by atoms with E-state index in [1.54, 1.807) is 37.1 Å². The third-order valence-electron chi connectivity index (χ3n) is 2.35. The summed E-state index contributed by atoms with van der Waals surface area (Å²) in [7, 11) is 1.69. The molecule has 3 N–H and O–H groups in total. The molecule has 0 unspecified atom stereocenters. The smallest absolute Gasteiger partial charge is 0.254 e. The van der Waals surface area contributed by atoms with Crippen LogP contribution in [0.3, 0.4) is 0 Å². The van der Waals surface area contributed by atoms with Crippen molar-refractivity contribution in [2.45, 2.75) is 6.92 Å². The van der Waals surface area contributed by atoms with Gasteiger partial charge in [-0.05, 0) is 19.1 Å². The van der Waals surface area contributed by atoms with Crippen molar-refractivity contribution < 1.29 is 9.90 Å². The predicted octanol–water partition coefficient (Wildman–Crippen LogP) is 0.731. The molecule has 1 rings (SSSR count). The number of benzene rings is 1.